The van der Waals surface area contributed by atoms with Crippen LogP contribution in [-0.2, 0) is 0 Å². The lowest BCUT2D eigenvalue weighted by Crippen LogP contribution is -2.27. The van der Waals surface area contributed by atoms with Gasteiger partial charge in [0.15, 0.2) is 0 Å². The van der Waals surface area contributed by atoms with Crippen LogP contribution in [-0.4, -0.2) is 47.9 Å². The van der Waals surface area contributed by atoms with Gasteiger partial charge in [-0.2, -0.15) is 4.37 Å². The second-order valence-corrected chi connectivity index (χ2v) is 4.09. The average molecular weight is 216 g/mol. The van der Waals surface area contributed by atoms with Crippen molar-refractivity contribution in [1.82, 2.24) is 13.6 Å². The first kappa shape index (κ1) is 11.2. The van der Waals surface area contributed by atoms with Gasteiger partial charge in [0.1, 0.15) is 0 Å². The van der Waals surface area contributed by atoms with E-state index >= 15 is 0 Å². The van der Waals surface area contributed by atoms with Gasteiger partial charge in [0, 0.05) is 25.3 Å². The molecule has 14 heavy (non-hydrogen) atoms. The normalized spacial score (nSPS) is 10.9. The predicted molar refractivity (Wildman–Crippen MR) is 59.2 cm³/mol. The Labute approximate surface area is 87.7 Å². The van der Waals surface area contributed by atoms with E-state index in [0.717, 1.165) is 31.2 Å². The largest absolute Gasteiger partial charge is 0.354 e. The molecule has 1 aromatic rings. The van der Waals surface area contributed by atoms with E-state index in [1.165, 1.54) is 0 Å². The highest BCUT2D eigenvalue weighted by molar-refractivity contribution is 6.99. The van der Waals surface area contributed by atoms with Crippen molar-refractivity contribution in [2.45, 2.75) is 6.42 Å². The number of hydrogen-bond acceptors (Lipinski definition) is 5. The predicted octanol–water partition coefficient (Wildman–Crippen LogP) is 0.219. The Morgan fingerprint density at radius 2 is 2.07 bits per heavy atom. The summed E-state index contributed by atoms with van der Waals surface area (Å²) in [5.41, 5.74) is -0.0950. The van der Waals surface area contributed by atoms with Gasteiger partial charge in [0.05, 0.1) is 0 Å². The van der Waals surface area contributed by atoms with Crippen molar-refractivity contribution in [2.24, 2.45) is 0 Å². The van der Waals surface area contributed by atoms with Crippen LogP contribution in [0.25, 0.3) is 0 Å². The van der Waals surface area contributed by atoms with Crippen LogP contribution in [0.4, 0.5) is 5.82 Å². The Morgan fingerprint density at radius 3 is 2.57 bits per heavy atom. The molecule has 1 aromatic heterocycles. The lowest BCUT2D eigenvalue weighted by atomic mass is 10.4. The molecular weight excluding hydrogens is 200 g/mol. The van der Waals surface area contributed by atoms with Crippen molar-refractivity contribution in [3.8, 4) is 0 Å². The fraction of sp³-hybridized carbons (Fsp3) is 0.750. The first-order valence-corrected chi connectivity index (χ1v) is 5.29. The minimum absolute atomic E-state index is 0.0950. The Morgan fingerprint density at radius 1 is 1.36 bits per heavy atom. The molecule has 0 amide bonds. The van der Waals surface area contributed by atoms with E-state index in [9.17, 15) is 4.79 Å². The monoisotopic (exact) mass is 216 g/mol. The maximum Gasteiger partial charge on any atom is 0.302 e. The summed E-state index contributed by atoms with van der Waals surface area (Å²) in [6, 6.07) is 0. The molecule has 0 bridgehead atoms. The number of anilines is 1. The molecular formula is C8H16N4OS. The topological polar surface area (TPSA) is 52.2 Å². The minimum atomic E-state index is -0.0950. The summed E-state index contributed by atoms with van der Waals surface area (Å²) >= 11 is 1.09. The highest BCUT2D eigenvalue weighted by atomic mass is 32.1. The van der Waals surface area contributed by atoms with E-state index in [-0.39, 0.29) is 5.56 Å². The summed E-state index contributed by atoms with van der Waals surface area (Å²) < 4.78 is 6.57. The standard InChI is InChI=1S/C8H16N4OS/c1-11(2)5-4-6-12(3)7-8(13)10-14-9-7/h4-6H2,1-3H3,(H,10,13). The smallest absolute Gasteiger partial charge is 0.302 e. The fourth-order valence-corrected chi connectivity index (χ4v) is 1.70. The van der Waals surface area contributed by atoms with E-state index in [1.807, 2.05) is 26.0 Å². The molecule has 0 aliphatic rings. The van der Waals surface area contributed by atoms with E-state index in [2.05, 4.69) is 13.6 Å². The Bertz CT molecular complexity index is 319. The summed E-state index contributed by atoms with van der Waals surface area (Å²) in [7, 11) is 5.96. The lowest BCUT2D eigenvalue weighted by Gasteiger charge is -2.16. The fourth-order valence-electron chi connectivity index (χ4n) is 1.17. The quantitative estimate of drug-likeness (QED) is 0.765. The van der Waals surface area contributed by atoms with Crippen molar-refractivity contribution in [3.63, 3.8) is 0 Å². The van der Waals surface area contributed by atoms with E-state index in [4.69, 9.17) is 0 Å². The molecule has 1 heterocycles. The molecule has 0 atom stereocenters. The number of H-pyrrole nitrogens is 1. The first-order chi connectivity index (χ1) is 6.61. The van der Waals surface area contributed by atoms with E-state index in [0.29, 0.717) is 5.82 Å². The van der Waals surface area contributed by atoms with Crippen molar-refractivity contribution in [2.75, 3.05) is 39.1 Å². The molecule has 0 spiro atoms. The number of nitrogens with one attached hydrogen (secondary N) is 1. The molecule has 0 unspecified atom stereocenters. The van der Waals surface area contributed by atoms with Crippen molar-refractivity contribution in [3.05, 3.63) is 10.4 Å². The Hall–Kier alpha value is -0.880. The zero-order valence-corrected chi connectivity index (χ0v) is 9.60. The van der Waals surface area contributed by atoms with Crippen molar-refractivity contribution >= 4 is 17.5 Å². The van der Waals surface area contributed by atoms with Gasteiger partial charge in [-0.05, 0) is 27.1 Å². The van der Waals surface area contributed by atoms with Gasteiger partial charge in [0.2, 0.25) is 5.82 Å². The molecule has 6 heteroatoms. The molecule has 0 radical (unpaired) electrons. The van der Waals surface area contributed by atoms with Gasteiger partial charge in [-0.15, -0.1) is 0 Å². The van der Waals surface area contributed by atoms with Crippen LogP contribution in [0.1, 0.15) is 6.42 Å². The van der Waals surface area contributed by atoms with Gasteiger partial charge >= 0.3 is 5.56 Å². The molecule has 1 N–H and O–H groups in total. The van der Waals surface area contributed by atoms with E-state index < -0.39 is 0 Å². The van der Waals surface area contributed by atoms with Gasteiger partial charge in [-0.25, -0.2) is 0 Å². The Kier molecular flexibility index (Phi) is 4.09. The number of aromatic amines is 1. The lowest BCUT2D eigenvalue weighted by molar-refractivity contribution is 0.401. The van der Waals surface area contributed by atoms with Crippen LogP contribution in [0.5, 0.6) is 0 Å². The number of rotatable bonds is 5. The van der Waals surface area contributed by atoms with Gasteiger partial charge < -0.3 is 9.80 Å². The van der Waals surface area contributed by atoms with Gasteiger partial charge in [-0.3, -0.25) is 9.17 Å². The second kappa shape index (κ2) is 5.11. The molecule has 80 valence electrons. The summed E-state index contributed by atoms with van der Waals surface area (Å²) in [6.45, 7) is 1.87. The summed E-state index contributed by atoms with van der Waals surface area (Å²) in [5, 5.41) is 0. The van der Waals surface area contributed by atoms with Crippen LogP contribution in [0.3, 0.4) is 0 Å². The van der Waals surface area contributed by atoms with Gasteiger partial charge in [-0.1, -0.05) is 0 Å². The molecule has 0 fully saturated rings. The zero-order chi connectivity index (χ0) is 10.6. The van der Waals surface area contributed by atoms with Crippen LogP contribution >= 0.6 is 11.7 Å². The molecule has 0 aliphatic carbocycles. The van der Waals surface area contributed by atoms with Crippen LogP contribution in [0, 0.1) is 0 Å². The third kappa shape index (κ3) is 3.12. The van der Waals surface area contributed by atoms with Crippen molar-refractivity contribution < 1.29 is 0 Å². The van der Waals surface area contributed by atoms with Crippen LogP contribution in [0.2, 0.25) is 0 Å². The summed E-state index contributed by atoms with van der Waals surface area (Å²) in [6.07, 6.45) is 1.03. The number of aromatic nitrogens is 2. The minimum Gasteiger partial charge on any atom is -0.354 e. The summed E-state index contributed by atoms with van der Waals surface area (Å²) in [5.74, 6) is 0.522. The summed E-state index contributed by atoms with van der Waals surface area (Å²) in [4.78, 5) is 15.2. The molecule has 0 saturated carbocycles. The maximum absolute atomic E-state index is 11.2. The maximum atomic E-state index is 11.2. The van der Waals surface area contributed by atoms with Crippen LogP contribution in [0.15, 0.2) is 4.79 Å². The molecule has 0 saturated heterocycles. The second-order valence-electron chi connectivity index (χ2n) is 3.52. The average Bonchev–Trinajstić information content (AvgIpc) is 2.50. The van der Waals surface area contributed by atoms with Crippen LogP contribution < -0.4 is 10.5 Å². The molecule has 1 rings (SSSR count). The van der Waals surface area contributed by atoms with E-state index in [1.54, 1.807) is 0 Å². The molecule has 5 nitrogen and oxygen atoms in total. The number of nitrogens with zero attached hydrogens (tertiary/aromatic N) is 3. The van der Waals surface area contributed by atoms with Crippen molar-refractivity contribution in [1.29, 1.82) is 0 Å². The highest BCUT2D eigenvalue weighted by Crippen LogP contribution is 2.02. The SMILES string of the molecule is CN(C)CCCN(C)c1ns[nH]c1=O. The molecule has 0 aliphatic heterocycles. The zero-order valence-electron chi connectivity index (χ0n) is 8.78. The third-order valence-electron chi connectivity index (χ3n) is 1.93. The molecule has 0 aromatic carbocycles. The van der Waals surface area contributed by atoms with Gasteiger partial charge in [0.25, 0.3) is 0 Å². The highest BCUT2D eigenvalue weighted by Gasteiger charge is 2.07. The third-order valence-corrected chi connectivity index (χ3v) is 2.47. The Balaban J connectivity index is 2.40. The first-order valence-electron chi connectivity index (χ1n) is 4.51. The number of hydrogen-bond donors (Lipinski definition) is 1.